The van der Waals surface area contributed by atoms with Crippen LogP contribution in [0.3, 0.4) is 0 Å². The number of ketones is 1. The first kappa shape index (κ1) is 18.6. The molecule has 3 aromatic rings. The summed E-state index contributed by atoms with van der Waals surface area (Å²) in [7, 11) is 1.57. The molecule has 3 aromatic carbocycles. The van der Waals surface area contributed by atoms with Gasteiger partial charge in [-0.2, -0.15) is 0 Å². The fraction of sp³-hybridized carbons (Fsp3) is 0.182. The van der Waals surface area contributed by atoms with Gasteiger partial charge in [-0.1, -0.05) is 42.5 Å². The number of anilines is 1. The SMILES string of the molecule is COc1cccc(CC(=O)C(N)CC(=O)Nc2ccc3ccccc3c2)c1. The van der Waals surface area contributed by atoms with Crippen molar-refractivity contribution in [3.63, 3.8) is 0 Å². The van der Waals surface area contributed by atoms with Gasteiger partial charge in [-0.3, -0.25) is 9.59 Å². The van der Waals surface area contributed by atoms with Crippen LogP contribution in [0.15, 0.2) is 66.7 Å². The zero-order chi connectivity index (χ0) is 19.2. The first-order valence-electron chi connectivity index (χ1n) is 8.75. The lowest BCUT2D eigenvalue weighted by atomic mass is 10.0. The molecule has 3 N–H and O–H groups in total. The molecule has 0 radical (unpaired) electrons. The van der Waals surface area contributed by atoms with Gasteiger partial charge in [0.05, 0.1) is 13.2 Å². The lowest BCUT2D eigenvalue weighted by Crippen LogP contribution is -2.35. The van der Waals surface area contributed by atoms with Crippen molar-refractivity contribution in [2.24, 2.45) is 5.73 Å². The Labute approximate surface area is 158 Å². The number of hydrogen-bond acceptors (Lipinski definition) is 4. The van der Waals surface area contributed by atoms with E-state index in [0.717, 1.165) is 16.3 Å². The standard InChI is InChI=1S/C22H22N2O3/c1-27-19-8-4-5-15(11-19)12-21(25)20(23)14-22(26)24-18-10-9-16-6-2-3-7-17(16)13-18/h2-11,13,20H,12,14,23H2,1H3,(H,24,26). The Morgan fingerprint density at radius 2 is 1.78 bits per heavy atom. The number of Topliss-reactive ketones (excluding diaryl/α,β-unsaturated/α-hetero) is 1. The van der Waals surface area contributed by atoms with Crippen molar-refractivity contribution in [1.29, 1.82) is 0 Å². The molecule has 0 aliphatic rings. The molecular weight excluding hydrogens is 340 g/mol. The molecule has 1 unspecified atom stereocenters. The monoisotopic (exact) mass is 362 g/mol. The molecule has 0 spiro atoms. The van der Waals surface area contributed by atoms with E-state index in [-0.39, 0.29) is 24.5 Å². The third-order valence-electron chi connectivity index (χ3n) is 4.36. The normalized spacial score (nSPS) is 11.8. The summed E-state index contributed by atoms with van der Waals surface area (Å²) in [5, 5.41) is 4.94. The molecule has 27 heavy (non-hydrogen) atoms. The van der Waals surface area contributed by atoms with E-state index in [1.807, 2.05) is 60.7 Å². The molecule has 0 aromatic heterocycles. The minimum atomic E-state index is -0.850. The summed E-state index contributed by atoms with van der Waals surface area (Å²) >= 11 is 0. The van der Waals surface area contributed by atoms with E-state index < -0.39 is 6.04 Å². The fourth-order valence-corrected chi connectivity index (χ4v) is 2.91. The van der Waals surface area contributed by atoms with Gasteiger partial charge in [0.25, 0.3) is 0 Å². The van der Waals surface area contributed by atoms with Gasteiger partial charge in [0.2, 0.25) is 5.91 Å². The van der Waals surface area contributed by atoms with Gasteiger partial charge in [-0.15, -0.1) is 0 Å². The summed E-state index contributed by atoms with van der Waals surface area (Å²) in [6.07, 6.45) is 0.108. The molecule has 0 bridgehead atoms. The second-order valence-corrected chi connectivity index (χ2v) is 6.42. The van der Waals surface area contributed by atoms with Crippen LogP contribution in [0.5, 0.6) is 5.75 Å². The molecule has 0 aliphatic carbocycles. The van der Waals surface area contributed by atoms with Crippen molar-refractivity contribution in [1.82, 2.24) is 0 Å². The van der Waals surface area contributed by atoms with E-state index in [1.165, 1.54) is 0 Å². The lowest BCUT2D eigenvalue weighted by Gasteiger charge is -2.12. The quantitative estimate of drug-likeness (QED) is 0.676. The highest BCUT2D eigenvalue weighted by Crippen LogP contribution is 2.19. The maximum Gasteiger partial charge on any atom is 0.226 e. The second-order valence-electron chi connectivity index (χ2n) is 6.42. The minimum Gasteiger partial charge on any atom is -0.497 e. The molecule has 0 saturated heterocycles. The number of fused-ring (bicyclic) bond motifs is 1. The Morgan fingerprint density at radius 1 is 1.00 bits per heavy atom. The first-order chi connectivity index (χ1) is 13.0. The van der Waals surface area contributed by atoms with Crippen LogP contribution in [-0.2, 0) is 16.0 Å². The Kier molecular flexibility index (Phi) is 5.84. The predicted octanol–water partition coefficient (Wildman–Crippen LogP) is 3.32. The molecule has 0 fully saturated rings. The average Bonchev–Trinajstić information content (AvgIpc) is 2.67. The third-order valence-corrected chi connectivity index (χ3v) is 4.36. The number of carbonyl (C=O) groups excluding carboxylic acids is 2. The predicted molar refractivity (Wildman–Crippen MR) is 107 cm³/mol. The van der Waals surface area contributed by atoms with E-state index in [4.69, 9.17) is 10.5 Å². The summed E-state index contributed by atoms with van der Waals surface area (Å²) in [5.74, 6) is 0.219. The van der Waals surface area contributed by atoms with Crippen molar-refractivity contribution in [2.75, 3.05) is 12.4 Å². The summed E-state index contributed by atoms with van der Waals surface area (Å²) in [6.45, 7) is 0. The molecule has 5 nitrogen and oxygen atoms in total. The van der Waals surface area contributed by atoms with E-state index in [1.54, 1.807) is 13.2 Å². The Bertz CT molecular complexity index is 968. The third kappa shape index (κ3) is 4.92. The van der Waals surface area contributed by atoms with Gasteiger partial charge in [-0.05, 0) is 40.6 Å². The zero-order valence-corrected chi connectivity index (χ0v) is 15.1. The van der Waals surface area contributed by atoms with Gasteiger partial charge in [0.15, 0.2) is 5.78 Å². The lowest BCUT2D eigenvalue weighted by molar-refractivity contribution is -0.123. The van der Waals surface area contributed by atoms with Crippen LogP contribution in [0, 0.1) is 0 Å². The van der Waals surface area contributed by atoms with E-state index in [0.29, 0.717) is 11.4 Å². The molecule has 0 heterocycles. The fourth-order valence-electron chi connectivity index (χ4n) is 2.91. The van der Waals surface area contributed by atoms with Crippen molar-refractivity contribution in [2.45, 2.75) is 18.9 Å². The van der Waals surface area contributed by atoms with Crippen LogP contribution < -0.4 is 15.8 Å². The summed E-state index contributed by atoms with van der Waals surface area (Å²) in [6, 6.07) is 20.0. The maximum absolute atomic E-state index is 12.3. The molecule has 3 rings (SSSR count). The van der Waals surface area contributed by atoms with Gasteiger partial charge in [0.1, 0.15) is 5.75 Å². The van der Waals surface area contributed by atoms with Crippen LogP contribution in [0.4, 0.5) is 5.69 Å². The van der Waals surface area contributed by atoms with Crippen molar-refractivity contribution < 1.29 is 14.3 Å². The van der Waals surface area contributed by atoms with Gasteiger partial charge >= 0.3 is 0 Å². The number of nitrogens with two attached hydrogens (primary N) is 1. The zero-order valence-electron chi connectivity index (χ0n) is 15.1. The van der Waals surface area contributed by atoms with E-state index in [2.05, 4.69) is 5.32 Å². The number of hydrogen-bond donors (Lipinski definition) is 2. The van der Waals surface area contributed by atoms with Gasteiger partial charge in [0, 0.05) is 18.5 Å². The second kappa shape index (κ2) is 8.47. The van der Waals surface area contributed by atoms with Crippen molar-refractivity contribution in [3.05, 3.63) is 72.3 Å². The van der Waals surface area contributed by atoms with Crippen LogP contribution >= 0.6 is 0 Å². The number of nitrogens with one attached hydrogen (secondary N) is 1. The van der Waals surface area contributed by atoms with Gasteiger partial charge < -0.3 is 15.8 Å². The highest BCUT2D eigenvalue weighted by atomic mass is 16.5. The average molecular weight is 362 g/mol. The highest BCUT2D eigenvalue weighted by Gasteiger charge is 2.18. The molecule has 0 saturated carbocycles. The molecular formula is C22H22N2O3. The number of benzene rings is 3. The number of carbonyl (C=O) groups is 2. The number of amides is 1. The number of methoxy groups -OCH3 is 1. The first-order valence-corrected chi connectivity index (χ1v) is 8.75. The Hall–Kier alpha value is -3.18. The molecule has 1 atom stereocenters. The van der Waals surface area contributed by atoms with E-state index >= 15 is 0 Å². The maximum atomic E-state index is 12.3. The number of rotatable bonds is 7. The number of ether oxygens (including phenoxy) is 1. The summed E-state index contributed by atoms with van der Waals surface area (Å²) in [4.78, 5) is 24.6. The van der Waals surface area contributed by atoms with Crippen LogP contribution in [0.2, 0.25) is 0 Å². The smallest absolute Gasteiger partial charge is 0.226 e. The summed E-state index contributed by atoms with van der Waals surface area (Å²) < 4.78 is 5.15. The van der Waals surface area contributed by atoms with Crippen LogP contribution in [0.1, 0.15) is 12.0 Å². The van der Waals surface area contributed by atoms with Crippen LogP contribution in [0.25, 0.3) is 10.8 Å². The molecule has 138 valence electrons. The van der Waals surface area contributed by atoms with Crippen molar-refractivity contribution in [3.8, 4) is 5.75 Å². The van der Waals surface area contributed by atoms with Gasteiger partial charge in [-0.25, -0.2) is 0 Å². The topological polar surface area (TPSA) is 81.4 Å². The minimum absolute atomic E-state index is 0.0599. The Morgan fingerprint density at radius 3 is 2.56 bits per heavy atom. The molecule has 0 aliphatic heterocycles. The van der Waals surface area contributed by atoms with E-state index in [9.17, 15) is 9.59 Å². The molecule has 5 heteroatoms. The van der Waals surface area contributed by atoms with Crippen molar-refractivity contribution >= 4 is 28.2 Å². The largest absolute Gasteiger partial charge is 0.497 e. The highest BCUT2D eigenvalue weighted by molar-refractivity contribution is 5.98. The Balaban J connectivity index is 1.58. The van der Waals surface area contributed by atoms with Crippen LogP contribution in [-0.4, -0.2) is 24.8 Å². The summed E-state index contributed by atoms with van der Waals surface area (Å²) in [5.41, 5.74) is 7.44. The molecule has 1 amide bonds.